The van der Waals surface area contributed by atoms with E-state index in [0.29, 0.717) is 11.2 Å². The fourth-order valence-electron chi connectivity index (χ4n) is 3.23. The van der Waals surface area contributed by atoms with Crippen molar-refractivity contribution in [3.8, 4) is 0 Å². The third-order valence-corrected chi connectivity index (χ3v) is 6.35. The molecule has 0 spiro atoms. The molecule has 0 aliphatic rings. The van der Waals surface area contributed by atoms with E-state index in [-0.39, 0.29) is 24.1 Å². The molecule has 1 atom stereocenters. The van der Waals surface area contributed by atoms with Gasteiger partial charge in [-0.1, -0.05) is 18.2 Å². The lowest BCUT2D eigenvalue weighted by Crippen LogP contribution is -2.34. The highest BCUT2D eigenvalue weighted by Crippen LogP contribution is 2.27. The van der Waals surface area contributed by atoms with Gasteiger partial charge in [-0.15, -0.1) is 11.3 Å². The quantitative estimate of drug-likeness (QED) is 0.684. The van der Waals surface area contributed by atoms with Crippen molar-refractivity contribution in [3.05, 3.63) is 55.9 Å². The highest BCUT2D eigenvalue weighted by Gasteiger charge is 2.20. The number of amides is 1. The van der Waals surface area contributed by atoms with Crippen LogP contribution in [0.15, 0.2) is 23.0 Å². The Bertz CT molecular complexity index is 1080. The Morgan fingerprint density at radius 1 is 1.25 bits per heavy atom. The van der Waals surface area contributed by atoms with Gasteiger partial charge in [0.25, 0.3) is 5.56 Å². The summed E-state index contributed by atoms with van der Waals surface area (Å²) in [7, 11) is 1.85. The Hall–Kier alpha value is -2.51. The predicted octanol–water partition coefficient (Wildman–Crippen LogP) is 3.85. The number of fused-ring (bicyclic) bond motifs is 1. The molecule has 7 heteroatoms. The molecule has 2 aromatic heterocycles. The standard InChI is InChI=1S/C21H26N4O2S/c1-11-8-7-9-12(2)18(11)22-16(26)10-25(6)14(4)19-23-20(27)17-13(3)15(5)28-21(17)24-19/h7-9,14H,10H2,1-6H3,(H,22,26)(H,23,24,27). The number of H-pyrrole nitrogens is 1. The fraction of sp³-hybridized carbons (Fsp3) is 0.381. The molecule has 148 valence electrons. The second-order valence-corrected chi connectivity index (χ2v) is 8.52. The minimum Gasteiger partial charge on any atom is -0.324 e. The lowest BCUT2D eigenvalue weighted by atomic mass is 10.1. The Morgan fingerprint density at radius 2 is 1.89 bits per heavy atom. The third-order valence-electron chi connectivity index (χ3n) is 5.25. The number of carbonyl (C=O) groups is 1. The van der Waals surface area contributed by atoms with Crippen molar-refractivity contribution in [1.82, 2.24) is 14.9 Å². The first-order valence-electron chi connectivity index (χ1n) is 9.25. The second-order valence-electron chi connectivity index (χ2n) is 7.32. The van der Waals surface area contributed by atoms with Gasteiger partial charge in [-0.2, -0.15) is 0 Å². The lowest BCUT2D eigenvalue weighted by molar-refractivity contribution is -0.117. The molecule has 0 aliphatic heterocycles. The number of hydrogen-bond acceptors (Lipinski definition) is 5. The van der Waals surface area contributed by atoms with Gasteiger partial charge in [0, 0.05) is 10.6 Å². The molecule has 0 bridgehead atoms. The molecule has 2 heterocycles. The maximum Gasteiger partial charge on any atom is 0.259 e. The summed E-state index contributed by atoms with van der Waals surface area (Å²) in [4.78, 5) is 36.3. The first kappa shape index (κ1) is 20.2. The molecular formula is C21H26N4O2S. The minimum atomic E-state index is -0.205. The number of likely N-dealkylation sites (N-methyl/N-ethyl adjacent to an activating group) is 1. The van der Waals surface area contributed by atoms with E-state index in [1.807, 2.05) is 64.8 Å². The summed E-state index contributed by atoms with van der Waals surface area (Å²) < 4.78 is 0. The molecule has 1 unspecified atom stereocenters. The summed E-state index contributed by atoms with van der Waals surface area (Å²) in [6.07, 6.45) is 0. The molecule has 3 aromatic rings. The van der Waals surface area contributed by atoms with Gasteiger partial charge in [0.15, 0.2) is 0 Å². The molecule has 28 heavy (non-hydrogen) atoms. The monoisotopic (exact) mass is 398 g/mol. The molecule has 1 aromatic carbocycles. The van der Waals surface area contributed by atoms with E-state index in [9.17, 15) is 9.59 Å². The summed E-state index contributed by atoms with van der Waals surface area (Å²) in [5.74, 6) is 0.471. The number of thiophene rings is 1. The van der Waals surface area contributed by atoms with Crippen LogP contribution in [-0.4, -0.2) is 34.4 Å². The molecule has 6 nitrogen and oxygen atoms in total. The zero-order valence-corrected chi connectivity index (χ0v) is 18.0. The highest BCUT2D eigenvalue weighted by molar-refractivity contribution is 7.18. The number of aromatic amines is 1. The van der Waals surface area contributed by atoms with Crippen molar-refractivity contribution in [2.24, 2.45) is 0 Å². The van der Waals surface area contributed by atoms with Crippen molar-refractivity contribution in [3.63, 3.8) is 0 Å². The number of nitrogens with zero attached hydrogens (tertiary/aromatic N) is 2. The van der Waals surface area contributed by atoms with Crippen LogP contribution in [0.2, 0.25) is 0 Å². The second kappa shape index (κ2) is 7.85. The number of benzene rings is 1. The molecular weight excluding hydrogens is 372 g/mol. The normalized spacial score (nSPS) is 12.5. The predicted molar refractivity (Wildman–Crippen MR) is 115 cm³/mol. The number of hydrogen-bond donors (Lipinski definition) is 2. The fourth-order valence-corrected chi connectivity index (χ4v) is 4.27. The number of para-hydroxylation sites is 1. The molecule has 0 fully saturated rings. The summed E-state index contributed by atoms with van der Waals surface area (Å²) in [6, 6.07) is 5.72. The van der Waals surface area contributed by atoms with Crippen LogP contribution in [0.1, 0.15) is 40.4 Å². The highest BCUT2D eigenvalue weighted by atomic mass is 32.1. The topological polar surface area (TPSA) is 78.1 Å². The third kappa shape index (κ3) is 3.86. The molecule has 1 amide bonds. The molecule has 0 radical (unpaired) electrons. The van der Waals surface area contributed by atoms with E-state index in [4.69, 9.17) is 0 Å². The van der Waals surface area contributed by atoms with Crippen LogP contribution in [-0.2, 0) is 4.79 Å². The van der Waals surface area contributed by atoms with Crippen LogP contribution in [0, 0.1) is 27.7 Å². The van der Waals surface area contributed by atoms with Gasteiger partial charge in [-0.3, -0.25) is 14.5 Å². The molecule has 0 saturated heterocycles. The number of rotatable bonds is 5. The van der Waals surface area contributed by atoms with Crippen LogP contribution in [0.25, 0.3) is 10.2 Å². The summed E-state index contributed by atoms with van der Waals surface area (Å²) >= 11 is 1.53. The Morgan fingerprint density at radius 3 is 2.54 bits per heavy atom. The van der Waals surface area contributed by atoms with E-state index < -0.39 is 0 Å². The first-order valence-corrected chi connectivity index (χ1v) is 10.1. The summed E-state index contributed by atoms with van der Waals surface area (Å²) in [5, 5.41) is 3.66. The van der Waals surface area contributed by atoms with E-state index in [2.05, 4.69) is 15.3 Å². The van der Waals surface area contributed by atoms with Crippen molar-refractivity contribution in [1.29, 1.82) is 0 Å². The number of aromatic nitrogens is 2. The Labute approximate surface area is 168 Å². The van der Waals surface area contributed by atoms with Crippen molar-refractivity contribution >= 4 is 33.1 Å². The van der Waals surface area contributed by atoms with Crippen LogP contribution in [0.5, 0.6) is 0 Å². The number of nitrogens with one attached hydrogen (secondary N) is 2. The van der Waals surface area contributed by atoms with Gasteiger partial charge < -0.3 is 10.3 Å². The zero-order chi connectivity index (χ0) is 20.6. The van der Waals surface area contributed by atoms with Crippen molar-refractivity contribution in [2.45, 2.75) is 40.7 Å². The van der Waals surface area contributed by atoms with Crippen LogP contribution < -0.4 is 10.9 Å². The number of aryl methyl sites for hydroxylation is 4. The SMILES string of the molecule is Cc1cccc(C)c1NC(=O)CN(C)C(C)c1nc2sc(C)c(C)c2c(=O)[nH]1. The summed E-state index contributed by atoms with van der Waals surface area (Å²) in [6.45, 7) is 10.0. The molecule has 0 saturated carbocycles. The van der Waals surface area contributed by atoms with E-state index in [0.717, 1.165) is 32.1 Å². The van der Waals surface area contributed by atoms with Gasteiger partial charge in [-0.05, 0) is 58.4 Å². The van der Waals surface area contributed by atoms with Gasteiger partial charge in [0.1, 0.15) is 10.7 Å². The van der Waals surface area contributed by atoms with Gasteiger partial charge in [0.2, 0.25) is 5.91 Å². The smallest absolute Gasteiger partial charge is 0.259 e. The van der Waals surface area contributed by atoms with E-state index >= 15 is 0 Å². The summed E-state index contributed by atoms with van der Waals surface area (Å²) in [5.41, 5.74) is 3.77. The lowest BCUT2D eigenvalue weighted by Gasteiger charge is -2.23. The van der Waals surface area contributed by atoms with Gasteiger partial charge in [0.05, 0.1) is 18.0 Å². The molecule has 3 rings (SSSR count). The zero-order valence-electron chi connectivity index (χ0n) is 17.1. The minimum absolute atomic E-state index is 0.0991. The molecule has 0 aliphatic carbocycles. The number of carbonyl (C=O) groups excluding carboxylic acids is 1. The van der Waals surface area contributed by atoms with Crippen molar-refractivity contribution in [2.75, 3.05) is 18.9 Å². The van der Waals surface area contributed by atoms with Crippen LogP contribution in [0.4, 0.5) is 5.69 Å². The van der Waals surface area contributed by atoms with Crippen LogP contribution in [0.3, 0.4) is 0 Å². The average Bonchev–Trinajstić information content (AvgIpc) is 2.92. The molecule has 2 N–H and O–H groups in total. The van der Waals surface area contributed by atoms with Crippen molar-refractivity contribution < 1.29 is 4.79 Å². The van der Waals surface area contributed by atoms with E-state index in [1.165, 1.54) is 11.3 Å². The first-order chi connectivity index (χ1) is 13.2. The maximum absolute atomic E-state index is 12.5. The Kier molecular flexibility index (Phi) is 5.67. The maximum atomic E-state index is 12.5. The van der Waals surface area contributed by atoms with Gasteiger partial charge >= 0.3 is 0 Å². The Balaban J connectivity index is 1.77. The van der Waals surface area contributed by atoms with Gasteiger partial charge in [-0.25, -0.2) is 4.98 Å². The van der Waals surface area contributed by atoms with E-state index in [1.54, 1.807) is 0 Å². The largest absolute Gasteiger partial charge is 0.324 e. The number of anilines is 1. The average molecular weight is 399 g/mol. The van der Waals surface area contributed by atoms with Crippen LogP contribution >= 0.6 is 11.3 Å².